The van der Waals surface area contributed by atoms with Crippen molar-refractivity contribution in [1.29, 1.82) is 0 Å². The van der Waals surface area contributed by atoms with Crippen LogP contribution in [0.4, 0.5) is 11.4 Å². The van der Waals surface area contributed by atoms with Gasteiger partial charge in [-0.1, -0.05) is 35.9 Å². The predicted molar refractivity (Wildman–Crippen MR) is 100 cm³/mol. The quantitative estimate of drug-likeness (QED) is 0.861. The maximum Gasteiger partial charge on any atom is 0.235 e. The molecule has 2 aromatic carbocycles. The molecule has 1 saturated carbocycles. The van der Waals surface area contributed by atoms with Gasteiger partial charge in [-0.15, -0.1) is 0 Å². The Kier molecular flexibility index (Phi) is 4.33. The minimum absolute atomic E-state index is 0.0488. The SMILES string of the molecule is Cc1cccc(C2(C(=O)Nc3ccc(C)c(NS(C)(=O)=O)c3)CC2)c1. The van der Waals surface area contributed by atoms with Gasteiger partial charge in [0.2, 0.25) is 15.9 Å². The first-order valence-electron chi connectivity index (χ1n) is 8.17. The Morgan fingerprint density at radius 2 is 1.80 bits per heavy atom. The van der Waals surface area contributed by atoms with Gasteiger partial charge in [-0.2, -0.15) is 0 Å². The molecule has 1 aliphatic rings. The first-order valence-corrected chi connectivity index (χ1v) is 10.1. The molecule has 1 aliphatic carbocycles. The third kappa shape index (κ3) is 3.85. The highest BCUT2D eigenvalue weighted by molar-refractivity contribution is 7.92. The Bertz CT molecular complexity index is 931. The van der Waals surface area contributed by atoms with Crippen molar-refractivity contribution < 1.29 is 13.2 Å². The van der Waals surface area contributed by atoms with Gasteiger partial charge in [0.05, 0.1) is 17.4 Å². The van der Waals surface area contributed by atoms with Gasteiger partial charge in [0.1, 0.15) is 0 Å². The van der Waals surface area contributed by atoms with Gasteiger partial charge in [-0.3, -0.25) is 9.52 Å². The van der Waals surface area contributed by atoms with Crippen LogP contribution >= 0.6 is 0 Å². The average molecular weight is 358 g/mol. The number of benzene rings is 2. The zero-order valence-corrected chi connectivity index (χ0v) is 15.4. The molecule has 5 nitrogen and oxygen atoms in total. The van der Waals surface area contributed by atoms with E-state index in [4.69, 9.17) is 0 Å². The predicted octanol–water partition coefficient (Wildman–Crippen LogP) is 3.35. The third-order valence-electron chi connectivity index (χ3n) is 4.55. The molecule has 2 aromatic rings. The van der Waals surface area contributed by atoms with Gasteiger partial charge >= 0.3 is 0 Å². The molecule has 0 bridgehead atoms. The third-order valence-corrected chi connectivity index (χ3v) is 5.14. The average Bonchev–Trinajstić information content (AvgIpc) is 3.31. The van der Waals surface area contributed by atoms with E-state index in [0.29, 0.717) is 11.4 Å². The van der Waals surface area contributed by atoms with Gasteiger partial charge in [-0.25, -0.2) is 8.42 Å². The summed E-state index contributed by atoms with van der Waals surface area (Å²) in [5.74, 6) is -0.0488. The van der Waals surface area contributed by atoms with Gasteiger partial charge in [0.15, 0.2) is 0 Å². The molecule has 0 saturated heterocycles. The molecular weight excluding hydrogens is 336 g/mol. The van der Waals surface area contributed by atoms with Crippen molar-refractivity contribution in [2.45, 2.75) is 32.1 Å². The summed E-state index contributed by atoms with van der Waals surface area (Å²) in [5, 5.41) is 2.94. The molecule has 6 heteroatoms. The number of sulfonamides is 1. The Labute approximate surface area is 148 Å². The fourth-order valence-electron chi connectivity index (χ4n) is 2.97. The van der Waals surface area contributed by atoms with Crippen molar-refractivity contribution in [1.82, 2.24) is 0 Å². The molecule has 3 rings (SSSR count). The van der Waals surface area contributed by atoms with Crippen LogP contribution in [0.1, 0.15) is 29.5 Å². The largest absolute Gasteiger partial charge is 0.325 e. The van der Waals surface area contributed by atoms with E-state index in [1.807, 2.05) is 32.0 Å². The van der Waals surface area contributed by atoms with Crippen molar-refractivity contribution in [3.63, 3.8) is 0 Å². The van der Waals surface area contributed by atoms with Crippen LogP contribution in [0, 0.1) is 13.8 Å². The second-order valence-corrected chi connectivity index (χ2v) is 8.56. The molecule has 0 heterocycles. The number of anilines is 2. The summed E-state index contributed by atoms with van der Waals surface area (Å²) in [6.45, 7) is 3.83. The first kappa shape index (κ1) is 17.5. The number of nitrogens with one attached hydrogen (secondary N) is 2. The number of carbonyl (C=O) groups excluding carboxylic acids is 1. The Balaban J connectivity index is 1.83. The lowest BCUT2D eigenvalue weighted by atomic mass is 9.93. The van der Waals surface area contributed by atoms with Crippen LogP contribution in [0.15, 0.2) is 42.5 Å². The van der Waals surface area contributed by atoms with Crippen LogP contribution < -0.4 is 10.0 Å². The molecule has 25 heavy (non-hydrogen) atoms. The fourth-order valence-corrected chi connectivity index (χ4v) is 3.59. The van der Waals surface area contributed by atoms with Gasteiger partial charge in [0, 0.05) is 5.69 Å². The minimum atomic E-state index is -3.37. The smallest absolute Gasteiger partial charge is 0.235 e. The second kappa shape index (κ2) is 6.19. The lowest BCUT2D eigenvalue weighted by Gasteiger charge is -2.17. The Morgan fingerprint density at radius 1 is 1.08 bits per heavy atom. The maximum absolute atomic E-state index is 12.8. The Hall–Kier alpha value is -2.34. The summed E-state index contributed by atoms with van der Waals surface area (Å²) in [7, 11) is -3.37. The van der Waals surface area contributed by atoms with Crippen LogP contribution in [0.2, 0.25) is 0 Å². The monoisotopic (exact) mass is 358 g/mol. The number of amides is 1. The summed E-state index contributed by atoms with van der Waals surface area (Å²) in [6.07, 6.45) is 2.75. The van der Waals surface area contributed by atoms with E-state index in [2.05, 4.69) is 16.1 Å². The second-order valence-electron chi connectivity index (χ2n) is 6.81. The summed E-state index contributed by atoms with van der Waals surface area (Å²) in [5.41, 5.74) is 3.55. The number of hydrogen-bond acceptors (Lipinski definition) is 3. The van der Waals surface area contributed by atoms with Crippen LogP contribution in [0.5, 0.6) is 0 Å². The lowest BCUT2D eigenvalue weighted by molar-refractivity contribution is -0.118. The number of hydrogen-bond donors (Lipinski definition) is 2. The van der Waals surface area contributed by atoms with Crippen LogP contribution in [-0.4, -0.2) is 20.6 Å². The lowest BCUT2D eigenvalue weighted by Crippen LogP contribution is -2.28. The van der Waals surface area contributed by atoms with E-state index in [1.54, 1.807) is 18.2 Å². The maximum atomic E-state index is 12.8. The molecule has 1 amide bonds. The van der Waals surface area contributed by atoms with E-state index in [0.717, 1.165) is 35.8 Å². The molecule has 2 N–H and O–H groups in total. The van der Waals surface area contributed by atoms with Crippen molar-refractivity contribution in [3.05, 3.63) is 59.2 Å². The van der Waals surface area contributed by atoms with E-state index in [1.165, 1.54) is 0 Å². The summed E-state index contributed by atoms with van der Waals surface area (Å²) < 4.78 is 25.4. The fraction of sp³-hybridized carbons (Fsp3) is 0.316. The molecule has 0 atom stereocenters. The Morgan fingerprint density at radius 3 is 2.40 bits per heavy atom. The molecule has 0 aromatic heterocycles. The van der Waals surface area contributed by atoms with E-state index >= 15 is 0 Å². The van der Waals surface area contributed by atoms with Crippen molar-refractivity contribution in [2.75, 3.05) is 16.3 Å². The highest BCUT2D eigenvalue weighted by atomic mass is 32.2. The van der Waals surface area contributed by atoms with E-state index in [-0.39, 0.29) is 5.91 Å². The molecule has 0 unspecified atom stereocenters. The van der Waals surface area contributed by atoms with Crippen molar-refractivity contribution >= 4 is 27.3 Å². The summed E-state index contributed by atoms with van der Waals surface area (Å²) in [4.78, 5) is 12.8. The summed E-state index contributed by atoms with van der Waals surface area (Å²) >= 11 is 0. The molecule has 1 fully saturated rings. The molecule has 0 spiro atoms. The van der Waals surface area contributed by atoms with E-state index in [9.17, 15) is 13.2 Å². The minimum Gasteiger partial charge on any atom is -0.325 e. The molecular formula is C19H22N2O3S. The zero-order chi connectivity index (χ0) is 18.2. The highest BCUT2D eigenvalue weighted by Gasteiger charge is 2.51. The van der Waals surface area contributed by atoms with Gasteiger partial charge in [-0.05, 0) is 49.9 Å². The first-order chi connectivity index (χ1) is 11.7. The highest BCUT2D eigenvalue weighted by Crippen LogP contribution is 2.49. The normalized spacial score (nSPS) is 15.5. The van der Waals surface area contributed by atoms with Crippen LogP contribution in [0.3, 0.4) is 0 Å². The van der Waals surface area contributed by atoms with Gasteiger partial charge < -0.3 is 5.32 Å². The van der Waals surface area contributed by atoms with Crippen LogP contribution in [0.25, 0.3) is 0 Å². The van der Waals surface area contributed by atoms with Crippen LogP contribution in [-0.2, 0) is 20.2 Å². The molecule has 0 aliphatic heterocycles. The van der Waals surface area contributed by atoms with Crippen molar-refractivity contribution in [3.8, 4) is 0 Å². The topological polar surface area (TPSA) is 75.3 Å². The molecule has 132 valence electrons. The number of aryl methyl sites for hydroxylation is 2. The van der Waals surface area contributed by atoms with Gasteiger partial charge in [0.25, 0.3) is 0 Å². The van der Waals surface area contributed by atoms with Crippen molar-refractivity contribution in [2.24, 2.45) is 0 Å². The van der Waals surface area contributed by atoms with E-state index < -0.39 is 15.4 Å². The standard InChI is InChI=1S/C19H22N2O3S/c1-13-5-4-6-15(11-13)19(9-10-19)18(22)20-16-8-7-14(2)17(12-16)21-25(3,23)24/h4-8,11-12,21H,9-10H2,1-3H3,(H,20,22). The zero-order valence-electron chi connectivity index (χ0n) is 14.6. The number of carbonyl (C=O) groups is 1. The number of rotatable bonds is 5. The molecule has 0 radical (unpaired) electrons. The summed E-state index contributed by atoms with van der Waals surface area (Å²) in [6, 6.07) is 13.3.